The van der Waals surface area contributed by atoms with Crippen LogP contribution in [-0.2, 0) is 4.79 Å². The van der Waals surface area contributed by atoms with E-state index in [9.17, 15) is 9.59 Å². The molecule has 2 atom stereocenters. The molecule has 0 aliphatic carbocycles. The van der Waals surface area contributed by atoms with Crippen LogP contribution >= 0.6 is 24.0 Å². The third-order valence-electron chi connectivity index (χ3n) is 5.18. The lowest BCUT2D eigenvalue weighted by atomic mass is 9.85. The highest BCUT2D eigenvalue weighted by Gasteiger charge is 2.22. The third kappa shape index (κ3) is 7.03. The zero-order valence-corrected chi connectivity index (χ0v) is 18.0. The van der Waals surface area contributed by atoms with Crippen LogP contribution in [0.4, 0.5) is 11.4 Å². The molecule has 2 amide bonds. The van der Waals surface area contributed by atoms with Crippen molar-refractivity contribution in [2.45, 2.75) is 26.2 Å². The van der Waals surface area contributed by atoms with Gasteiger partial charge in [-0.25, -0.2) is 0 Å². The van der Waals surface area contributed by atoms with Crippen molar-refractivity contribution in [1.82, 2.24) is 5.32 Å². The number of rotatable bonds is 6. The first kappa shape index (κ1) is 23.2. The van der Waals surface area contributed by atoms with Crippen LogP contribution in [0.25, 0.3) is 0 Å². The Bertz CT molecular complexity index is 804. The number of piperidine rings is 1. The van der Waals surface area contributed by atoms with E-state index in [0.29, 0.717) is 34.5 Å². The van der Waals surface area contributed by atoms with E-state index in [-0.39, 0.29) is 24.2 Å². The minimum Gasteiger partial charge on any atom is -0.326 e. The second-order valence-electron chi connectivity index (χ2n) is 7.37. The summed E-state index contributed by atoms with van der Waals surface area (Å²) >= 11 is 5.84. The summed E-state index contributed by atoms with van der Waals surface area (Å²) in [7, 11) is 0. The van der Waals surface area contributed by atoms with Crippen molar-refractivity contribution in [3.05, 3.63) is 59.1 Å². The Morgan fingerprint density at radius 1 is 1.07 bits per heavy atom. The number of anilines is 2. The lowest BCUT2D eigenvalue weighted by molar-refractivity contribution is -0.117. The number of hydrogen-bond donors (Lipinski definition) is 3. The molecule has 1 fully saturated rings. The molecule has 1 heterocycles. The molecule has 1 saturated heterocycles. The number of halogens is 2. The normalized spacial score (nSPS) is 17.0. The molecule has 0 saturated carbocycles. The van der Waals surface area contributed by atoms with Gasteiger partial charge in [-0.3, -0.25) is 9.59 Å². The molecule has 0 radical (unpaired) electrons. The highest BCUT2D eigenvalue weighted by atomic mass is 35.5. The minimum atomic E-state index is -0.205. The number of carbonyl (C=O) groups is 2. The van der Waals surface area contributed by atoms with Crippen LogP contribution < -0.4 is 16.0 Å². The van der Waals surface area contributed by atoms with E-state index in [1.165, 1.54) is 12.8 Å². The molecule has 3 rings (SSSR count). The predicted molar refractivity (Wildman–Crippen MR) is 121 cm³/mol. The second kappa shape index (κ2) is 11.2. The number of benzene rings is 2. The number of amides is 2. The van der Waals surface area contributed by atoms with Crippen LogP contribution in [0, 0.1) is 11.8 Å². The molecule has 2 unspecified atom stereocenters. The highest BCUT2D eigenvalue weighted by molar-refractivity contribution is 6.30. The average molecular weight is 436 g/mol. The van der Waals surface area contributed by atoms with Gasteiger partial charge in [0.1, 0.15) is 0 Å². The monoisotopic (exact) mass is 435 g/mol. The van der Waals surface area contributed by atoms with Gasteiger partial charge in [0.05, 0.1) is 0 Å². The highest BCUT2D eigenvalue weighted by Crippen LogP contribution is 2.23. The van der Waals surface area contributed by atoms with Crippen molar-refractivity contribution >= 4 is 47.2 Å². The molecule has 3 N–H and O–H groups in total. The molecule has 0 aromatic heterocycles. The fourth-order valence-corrected chi connectivity index (χ4v) is 3.60. The fourth-order valence-electron chi connectivity index (χ4n) is 3.48. The van der Waals surface area contributed by atoms with E-state index < -0.39 is 0 Å². The predicted octanol–water partition coefficient (Wildman–Crippen LogP) is 4.98. The first-order valence-corrected chi connectivity index (χ1v) is 10.1. The second-order valence-corrected chi connectivity index (χ2v) is 7.81. The van der Waals surface area contributed by atoms with Crippen molar-refractivity contribution in [3.63, 3.8) is 0 Å². The van der Waals surface area contributed by atoms with Crippen LogP contribution in [0.5, 0.6) is 0 Å². The summed E-state index contributed by atoms with van der Waals surface area (Å²) in [4.78, 5) is 24.6. The van der Waals surface area contributed by atoms with Crippen molar-refractivity contribution in [2.75, 3.05) is 23.7 Å². The topological polar surface area (TPSA) is 70.2 Å². The fraction of sp³-hybridized carbons (Fsp3) is 0.364. The van der Waals surface area contributed by atoms with Crippen molar-refractivity contribution < 1.29 is 9.59 Å². The molecule has 5 nitrogen and oxygen atoms in total. The zero-order valence-electron chi connectivity index (χ0n) is 16.4. The Hall–Kier alpha value is -2.08. The van der Waals surface area contributed by atoms with Gasteiger partial charge in [0.15, 0.2) is 0 Å². The summed E-state index contributed by atoms with van der Waals surface area (Å²) in [5.41, 5.74) is 1.93. The number of carbonyl (C=O) groups excluding carboxylic acids is 2. The van der Waals surface area contributed by atoms with E-state index in [4.69, 9.17) is 11.6 Å². The van der Waals surface area contributed by atoms with Gasteiger partial charge in [-0.2, -0.15) is 0 Å². The average Bonchev–Trinajstić information content (AvgIpc) is 2.70. The van der Waals surface area contributed by atoms with Crippen LogP contribution in [0.3, 0.4) is 0 Å². The molecular formula is C22H27Cl2N3O2. The molecule has 0 spiro atoms. The number of hydrogen-bond acceptors (Lipinski definition) is 3. The van der Waals surface area contributed by atoms with Gasteiger partial charge < -0.3 is 16.0 Å². The summed E-state index contributed by atoms with van der Waals surface area (Å²) in [5, 5.41) is 9.77. The van der Waals surface area contributed by atoms with E-state index in [1.807, 2.05) is 0 Å². The van der Waals surface area contributed by atoms with E-state index in [2.05, 4.69) is 22.9 Å². The van der Waals surface area contributed by atoms with Crippen LogP contribution in [0.1, 0.15) is 36.5 Å². The summed E-state index contributed by atoms with van der Waals surface area (Å²) in [6.45, 7) is 4.22. The SMILES string of the molecule is CC(CC(=O)Nc1ccc(NC(=O)c2ccc(Cl)cc2)cc1)C1CCCNC1.Cl. The number of nitrogens with one attached hydrogen (secondary N) is 3. The van der Waals surface area contributed by atoms with Gasteiger partial charge in [-0.1, -0.05) is 18.5 Å². The molecule has 156 valence electrons. The standard InChI is InChI=1S/C22H26ClN3O2.ClH/c1-15(17-3-2-12-24-14-17)13-21(27)25-19-8-10-20(11-9-19)26-22(28)16-4-6-18(23)7-5-16;/h4-11,15,17,24H,2-3,12-14H2,1H3,(H,25,27)(H,26,28);1H. The Balaban J connectivity index is 0.00000300. The maximum Gasteiger partial charge on any atom is 0.255 e. The Morgan fingerprint density at radius 2 is 1.69 bits per heavy atom. The van der Waals surface area contributed by atoms with Gasteiger partial charge in [-0.05, 0) is 86.3 Å². The summed E-state index contributed by atoms with van der Waals surface area (Å²) < 4.78 is 0. The smallest absolute Gasteiger partial charge is 0.255 e. The summed E-state index contributed by atoms with van der Waals surface area (Å²) in [5.74, 6) is 0.732. The molecule has 2 aromatic rings. The van der Waals surface area contributed by atoms with Gasteiger partial charge in [0, 0.05) is 28.4 Å². The quantitative estimate of drug-likeness (QED) is 0.598. The zero-order chi connectivity index (χ0) is 19.9. The maximum atomic E-state index is 12.3. The first-order chi connectivity index (χ1) is 13.5. The molecule has 2 aromatic carbocycles. The van der Waals surface area contributed by atoms with Gasteiger partial charge in [0.25, 0.3) is 5.91 Å². The van der Waals surface area contributed by atoms with Crippen molar-refractivity contribution in [2.24, 2.45) is 11.8 Å². The van der Waals surface area contributed by atoms with Gasteiger partial charge in [-0.15, -0.1) is 12.4 Å². The Kier molecular flexibility index (Phi) is 8.96. The largest absolute Gasteiger partial charge is 0.326 e. The Morgan fingerprint density at radius 3 is 2.28 bits per heavy atom. The maximum absolute atomic E-state index is 12.3. The molecule has 1 aliphatic heterocycles. The van der Waals surface area contributed by atoms with E-state index >= 15 is 0 Å². The lowest BCUT2D eigenvalue weighted by Crippen LogP contribution is -2.34. The van der Waals surface area contributed by atoms with Crippen LogP contribution in [0.2, 0.25) is 5.02 Å². The summed E-state index contributed by atoms with van der Waals surface area (Å²) in [6.07, 6.45) is 2.88. The summed E-state index contributed by atoms with van der Waals surface area (Å²) in [6, 6.07) is 13.9. The van der Waals surface area contributed by atoms with Crippen LogP contribution in [0.15, 0.2) is 48.5 Å². The lowest BCUT2D eigenvalue weighted by Gasteiger charge is -2.28. The van der Waals surface area contributed by atoms with E-state index in [1.54, 1.807) is 48.5 Å². The first-order valence-electron chi connectivity index (χ1n) is 9.69. The van der Waals surface area contributed by atoms with E-state index in [0.717, 1.165) is 18.8 Å². The Labute approximate surface area is 183 Å². The van der Waals surface area contributed by atoms with Crippen molar-refractivity contribution in [1.29, 1.82) is 0 Å². The molecule has 0 bridgehead atoms. The molecule has 7 heteroatoms. The van der Waals surface area contributed by atoms with Gasteiger partial charge in [0.2, 0.25) is 5.91 Å². The molecule has 29 heavy (non-hydrogen) atoms. The molecular weight excluding hydrogens is 409 g/mol. The van der Waals surface area contributed by atoms with Gasteiger partial charge >= 0.3 is 0 Å². The molecule has 1 aliphatic rings. The minimum absolute atomic E-state index is 0. The van der Waals surface area contributed by atoms with Crippen molar-refractivity contribution in [3.8, 4) is 0 Å². The third-order valence-corrected chi connectivity index (χ3v) is 5.43. The van der Waals surface area contributed by atoms with Crippen LogP contribution in [-0.4, -0.2) is 24.9 Å².